The Kier molecular flexibility index (Phi) is 4.37. The van der Waals surface area contributed by atoms with Crippen LogP contribution in [0.15, 0.2) is 59.2 Å². The van der Waals surface area contributed by atoms with E-state index in [0.717, 1.165) is 38.0 Å². The van der Waals surface area contributed by atoms with E-state index in [2.05, 4.69) is 43.3 Å². The van der Waals surface area contributed by atoms with Crippen molar-refractivity contribution in [3.63, 3.8) is 0 Å². The quantitative estimate of drug-likeness (QED) is 0.562. The summed E-state index contributed by atoms with van der Waals surface area (Å²) in [7, 11) is 1.73. The molecule has 2 saturated carbocycles. The van der Waals surface area contributed by atoms with E-state index >= 15 is 0 Å². The van der Waals surface area contributed by atoms with Gasteiger partial charge in [-0.3, -0.25) is 4.79 Å². The molecule has 0 aromatic heterocycles. The lowest BCUT2D eigenvalue weighted by atomic mass is 9.51. The van der Waals surface area contributed by atoms with Gasteiger partial charge in [0.1, 0.15) is 5.75 Å². The van der Waals surface area contributed by atoms with E-state index < -0.39 is 0 Å². The smallest absolute Gasteiger partial charge is 0.156 e. The molecule has 31 heavy (non-hydrogen) atoms. The average molecular weight is 417 g/mol. The number of ether oxygens (including phenoxy) is 2. The minimum atomic E-state index is -0.1000. The Bertz CT molecular complexity index is 1010. The zero-order chi connectivity index (χ0) is 21.2. The lowest BCUT2D eigenvalue weighted by molar-refractivity contribution is -0.114. The van der Waals surface area contributed by atoms with E-state index in [1.807, 2.05) is 6.08 Å². The number of fused-ring (bicyclic) bond motifs is 5. The molecule has 162 valence electrons. The number of carbonyl (C=O) groups is 1. The van der Waals surface area contributed by atoms with Crippen molar-refractivity contribution in [2.24, 2.45) is 17.3 Å². The third-order valence-electron chi connectivity index (χ3n) is 9.26. The maximum atomic E-state index is 12.2. The van der Waals surface area contributed by atoms with Crippen LogP contribution in [0, 0.1) is 17.3 Å². The molecular weight excluding hydrogens is 384 g/mol. The molecule has 0 bridgehead atoms. The SMILES string of the molecule is COc1ccc([C@H]2C[C@@]3(C)[C@@H](CCC34C=CCO4)[C@@H]3CCC4=CC(=O)CCC4=C32)cc1. The van der Waals surface area contributed by atoms with Crippen LogP contribution < -0.4 is 4.74 Å². The van der Waals surface area contributed by atoms with Gasteiger partial charge in [0.05, 0.1) is 19.3 Å². The van der Waals surface area contributed by atoms with Gasteiger partial charge in [0.2, 0.25) is 0 Å². The second-order valence-electron chi connectivity index (χ2n) is 10.4. The summed E-state index contributed by atoms with van der Waals surface area (Å²) >= 11 is 0. The molecule has 6 rings (SSSR count). The van der Waals surface area contributed by atoms with Crippen LogP contribution in [0.3, 0.4) is 0 Å². The molecule has 5 atom stereocenters. The Morgan fingerprint density at radius 3 is 2.68 bits per heavy atom. The van der Waals surface area contributed by atoms with Gasteiger partial charge < -0.3 is 9.47 Å². The Balaban J connectivity index is 1.51. The molecule has 0 amide bonds. The Morgan fingerprint density at radius 1 is 1.10 bits per heavy atom. The first kappa shape index (κ1) is 19.5. The maximum Gasteiger partial charge on any atom is 0.156 e. The first-order valence-electron chi connectivity index (χ1n) is 12.0. The number of carbonyl (C=O) groups excluding carboxylic acids is 1. The summed E-state index contributed by atoms with van der Waals surface area (Å²) in [6.07, 6.45) is 13.9. The highest BCUT2D eigenvalue weighted by Gasteiger charge is 2.63. The van der Waals surface area contributed by atoms with Crippen molar-refractivity contribution < 1.29 is 14.3 Å². The van der Waals surface area contributed by atoms with E-state index in [1.165, 1.54) is 29.6 Å². The van der Waals surface area contributed by atoms with Crippen LogP contribution in [0.5, 0.6) is 5.75 Å². The Hall–Kier alpha value is -2.13. The molecule has 1 spiro atoms. The molecule has 5 aliphatic rings. The van der Waals surface area contributed by atoms with Gasteiger partial charge in [-0.15, -0.1) is 0 Å². The van der Waals surface area contributed by atoms with Gasteiger partial charge in [-0.05, 0) is 85.3 Å². The molecule has 4 aliphatic carbocycles. The minimum absolute atomic E-state index is 0.1000. The Labute approximate surface area is 185 Å². The van der Waals surface area contributed by atoms with E-state index in [4.69, 9.17) is 9.47 Å². The molecule has 3 nitrogen and oxygen atoms in total. The molecule has 0 N–H and O–H groups in total. The third kappa shape index (κ3) is 2.72. The normalized spacial score (nSPS) is 38.7. The summed E-state index contributed by atoms with van der Waals surface area (Å²) < 4.78 is 11.9. The molecule has 1 aromatic rings. The van der Waals surface area contributed by atoms with Gasteiger partial charge in [-0.2, -0.15) is 0 Å². The van der Waals surface area contributed by atoms with Crippen molar-refractivity contribution >= 4 is 5.78 Å². The standard InChI is InChI=1S/C28H32O3/c1-27-17-24(18-4-8-21(30-2)9-5-18)26-22-11-7-20(29)16-19(22)6-10-23(26)25(27)12-14-28(27)13-3-15-31-28/h3-5,8-9,13,16,23-25H,6-7,10-12,14-15,17H2,1-2H3/t23-,24+,25-,27-,28?/m0/s1. The van der Waals surface area contributed by atoms with Gasteiger partial charge in [-0.25, -0.2) is 0 Å². The summed E-state index contributed by atoms with van der Waals surface area (Å²) in [6.45, 7) is 3.26. The Morgan fingerprint density at radius 2 is 1.94 bits per heavy atom. The predicted octanol–water partition coefficient (Wildman–Crippen LogP) is 5.92. The lowest BCUT2D eigenvalue weighted by Gasteiger charge is -2.54. The number of benzene rings is 1. The average Bonchev–Trinajstić information content (AvgIpc) is 3.39. The van der Waals surface area contributed by atoms with Crippen LogP contribution in [0.25, 0.3) is 0 Å². The number of hydrogen-bond acceptors (Lipinski definition) is 3. The number of methoxy groups -OCH3 is 1. The molecule has 0 saturated heterocycles. The maximum absolute atomic E-state index is 12.2. The molecular formula is C28H32O3. The zero-order valence-electron chi connectivity index (χ0n) is 18.7. The van der Waals surface area contributed by atoms with Crippen molar-refractivity contribution in [2.75, 3.05) is 13.7 Å². The predicted molar refractivity (Wildman–Crippen MR) is 121 cm³/mol. The number of hydrogen-bond donors (Lipinski definition) is 0. The summed E-state index contributed by atoms with van der Waals surface area (Å²) in [5.41, 5.74) is 5.92. The fourth-order valence-corrected chi connectivity index (χ4v) is 7.81. The van der Waals surface area contributed by atoms with Crippen molar-refractivity contribution in [1.82, 2.24) is 0 Å². The van der Waals surface area contributed by atoms with E-state index in [0.29, 0.717) is 30.0 Å². The second-order valence-corrected chi connectivity index (χ2v) is 10.4. The van der Waals surface area contributed by atoms with Crippen LogP contribution in [-0.4, -0.2) is 25.1 Å². The van der Waals surface area contributed by atoms with Crippen molar-refractivity contribution in [3.05, 3.63) is 64.8 Å². The fourth-order valence-electron chi connectivity index (χ4n) is 7.81. The summed E-state index contributed by atoms with van der Waals surface area (Å²) in [4.78, 5) is 12.2. The third-order valence-corrected chi connectivity index (χ3v) is 9.26. The second kappa shape index (κ2) is 6.93. The van der Waals surface area contributed by atoms with E-state index in [9.17, 15) is 4.79 Å². The van der Waals surface area contributed by atoms with Gasteiger partial charge in [0.15, 0.2) is 5.78 Å². The fraction of sp³-hybridized carbons (Fsp3) is 0.536. The molecule has 1 aliphatic heterocycles. The molecule has 0 radical (unpaired) electrons. The van der Waals surface area contributed by atoms with Gasteiger partial charge in [-0.1, -0.05) is 36.8 Å². The number of ketones is 1. The highest BCUT2D eigenvalue weighted by molar-refractivity contribution is 5.93. The zero-order valence-corrected chi connectivity index (χ0v) is 18.7. The van der Waals surface area contributed by atoms with Crippen LogP contribution >= 0.6 is 0 Å². The van der Waals surface area contributed by atoms with Gasteiger partial charge >= 0.3 is 0 Å². The lowest BCUT2D eigenvalue weighted by Crippen LogP contribution is -2.51. The molecule has 1 unspecified atom stereocenters. The van der Waals surface area contributed by atoms with Gasteiger partial charge in [0.25, 0.3) is 0 Å². The summed E-state index contributed by atoms with van der Waals surface area (Å²) in [5.74, 6) is 2.86. The monoisotopic (exact) mass is 416 g/mol. The topological polar surface area (TPSA) is 35.5 Å². The van der Waals surface area contributed by atoms with Crippen LogP contribution in [0.4, 0.5) is 0 Å². The van der Waals surface area contributed by atoms with Crippen molar-refractivity contribution in [1.29, 1.82) is 0 Å². The van der Waals surface area contributed by atoms with Crippen LogP contribution in [-0.2, 0) is 9.53 Å². The first-order chi connectivity index (χ1) is 15.0. The molecule has 2 fully saturated rings. The molecule has 1 heterocycles. The van der Waals surface area contributed by atoms with E-state index in [1.54, 1.807) is 12.7 Å². The van der Waals surface area contributed by atoms with E-state index in [-0.39, 0.29) is 11.0 Å². The van der Waals surface area contributed by atoms with Crippen molar-refractivity contribution in [3.8, 4) is 5.75 Å². The number of allylic oxidation sites excluding steroid dienone is 4. The highest BCUT2D eigenvalue weighted by atomic mass is 16.5. The summed E-state index contributed by atoms with van der Waals surface area (Å²) in [6, 6.07) is 8.72. The van der Waals surface area contributed by atoms with Gasteiger partial charge in [0, 0.05) is 17.8 Å². The minimum Gasteiger partial charge on any atom is -0.497 e. The highest BCUT2D eigenvalue weighted by Crippen LogP contribution is 2.68. The summed E-state index contributed by atoms with van der Waals surface area (Å²) in [5, 5.41) is 0. The van der Waals surface area contributed by atoms with Crippen LogP contribution in [0.1, 0.15) is 63.4 Å². The van der Waals surface area contributed by atoms with Crippen molar-refractivity contribution in [2.45, 2.75) is 63.4 Å². The molecule has 1 aromatic carbocycles. The van der Waals surface area contributed by atoms with Crippen LogP contribution in [0.2, 0.25) is 0 Å². The number of rotatable bonds is 2. The molecule has 3 heteroatoms. The largest absolute Gasteiger partial charge is 0.497 e. The first-order valence-corrected chi connectivity index (χ1v) is 12.0.